The number of hydrogen-bond donors (Lipinski definition) is 2. The summed E-state index contributed by atoms with van der Waals surface area (Å²) in [4.78, 5) is 50.9. The number of allylic oxidation sites excluding steroid dienone is 2. The molecule has 7 nitrogen and oxygen atoms in total. The van der Waals surface area contributed by atoms with Gasteiger partial charge in [0.25, 0.3) is 5.91 Å². The fourth-order valence-electron chi connectivity index (χ4n) is 3.78. The Balaban J connectivity index is 1.57. The molecule has 0 saturated carbocycles. The van der Waals surface area contributed by atoms with Crippen molar-refractivity contribution in [3.05, 3.63) is 42.0 Å². The van der Waals surface area contributed by atoms with Crippen molar-refractivity contribution in [3.8, 4) is 0 Å². The van der Waals surface area contributed by atoms with Gasteiger partial charge in [-0.1, -0.05) is 37.6 Å². The van der Waals surface area contributed by atoms with Gasteiger partial charge in [-0.05, 0) is 31.4 Å². The second kappa shape index (κ2) is 9.49. The van der Waals surface area contributed by atoms with Crippen molar-refractivity contribution >= 4 is 29.3 Å². The highest BCUT2D eigenvalue weighted by Crippen LogP contribution is 2.35. The summed E-state index contributed by atoms with van der Waals surface area (Å²) in [5, 5.41) is 5.57. The third kappa shape index (κ3) is 4.72. The van der Waals surface area contributed by atoms with Gasteiger partial charge in [-0.15, -0.1) is 0 Å². The first-order chi connectivity index (χ1) is 14.0. The second-order valence-corrected chi connectivity index (χ2v) is 7.44. The van der Waals surface area contributed by atoms with Gasteiger partial charge in [0.05, 0.1) is 23.1 Å². The minimum atomic E-state index is -0.340. The van der Waals surface area contributed by atoms with Crippen LogP contribution in [-0.2, 0) is 14.4 Å². The number of imide groups is 1. The average Bonchev–Trinajstić information content (AvgIpc) is 2.97. The number of carbonyl (C=O) groups excluding carboxylic acids is 4. The molecule has 2 N–H and O–H groups in total. The van der Waals surface area contributed by atoms with Crippen LogP contribution in [0.3, 0.4) is 0 Å². The van der Waals surface area contributed by atoms with Gasteiger partial charge in [0.15, 0.2) is 0 Å². The molecule has 0 spiro atoms. The maximum Gasteiger partial charge on any atom is 0.253 e. The number of anilines is 1. The molecule has 1 aromatic rings. The molecule has 2 atom stereocenters. The van der Waals surface area contributed by atoms with E-state index in [1.54, 1.807) is 24.3 Å². The lowest BCUT2D eigenvalue weighted by molar-refractivity contribution is -0.140. The van der Waals surface area contributed by atoms with E-state index in [-0.39, 0.29) is 48.4 Å². The number of nitrogens with one attached hydrogen (secondary N) is 2. The van der Waals surface area contributed by atoms with Crippen molar-refractivity contribution in [3.63, 3.8) is 0 Å². The van der Waals surface area contributed by atoms with Crippen LogP contribution in [-0.4, -0.2) is 41.6 Å². The zero-order valence-corrected chi connectivity index (χ0v) is 16.6. The van der Waals surface area contributed by atoms with Gasteiger partial charge in [-0.3, -0.25) is 24.1 Å². The number of fused-ring (bicyclic) bond motifs is 1. The Hall–Kier alpha value is -2.96. The van der Waals surface area contributed by atoms with Crippen LogP contribution in [0.1, 0.15) is 49.4 Å². The quantitative estimate of drug-likeness (QED) is 0.400. The van der Waals surface area contributed by atoms with E-state index in [0.717, 1.165) is 12.8 Å². The molecule has 2 aliphatic rings. The summed E-state index contributed by atoms with van der Waals surface area (Å²) in [6.45, 7) is 2.68. The highest BCUT2D eigenvalue weighted by atomic mass is 16.2. The van der Waals surface area contributed by atoms with Crippen LogP contribution < -0.4 is 10.6 Å². The number of benzene rings is 1. The molecule has 0 unspecified atom stereocenters. The molecule has 29 heavy (non-hydrogen) atoms. The largest absolute Gasteiger partial charge is 0.352 e. The summed E-state index contributed by atoms with van der Waals surface area (Å²) in [6, 6.07) is 6.80. The Morgan fingerprint density at radius 3 is 2.38 bits per heavy atom. The fraction of sp³-hybridized carbons (Fsp3) is 0.455. The van der Waals surface area contributed by atoms with Crippen molar-refractivity contribution < 1.29 is 19.2 Å². The van der Waals surface area contributed by atoms with E-state index in [4.69, 9.17) is 0 Å². The van der Waals surface area contributed by atoms with E-state index in [1.807, 2.05) is 19.1 Å². The summed E-state index contributed by atoms with van der Waals surface area (Å²) in [6.07, 6.45) is 6.89. The van der Waals surface area contributed by atoms with Crippen LogP contribution in [0.5, 0.6) is 0 Å². The molecular weight excluding hydrogens is 370 g/mol. The molecule has 3 rings (SSSR count). The number of unbranched alkanes of at least 4 members (excludes halogenated alkanes) is 1. The summed E-state index contributed by atoms with van der Waals surface area (Å²) >= 11 is 0. The first-order valence-electron chi connectivity index (χ1n) is 10.2. The molecule has 154 valence electrons. The van der Waals surface area contributed by atoms with Crippen molar-refractivity contribution in [1.82, 2.24) is 10.2 Å². The van der Waals surface area contributed by atoms with Crippen molar-refractivity contribution in [2.45, 2.75) is 39.0 Å². The molecule has 1 fully saturated rings. The number of likely N-dealkylation sites (tertiary alicyclic amines) is 1. The Bertz CT molecular complexity index is 807. The monoisotopic (exact) mass is 397 g/mol. The molecule has 0 bridgehead atoms. The van der Waals surface area contributed by atoms with E-state index in [1.165, 1.54) is 4.90 Å². The minimum absolute atomic E-state index is 0.00383. The predicted octanol–water partition coefficient (Wildman–Crippen LogP) is 2.50. The molecule has 1 aromatic carbocycles. The van der Waals surface area contributed by atoms with E-state index in [9.17, 15) is 19.2 Å². The topological polar surface area (TPSA) is 95.6 Å². The molecule has 1 saturated heterocycles. The lowest BCUT2D eigenvalue weighted by Gasteiger charge is -2.15. The highest BCUT2D eigenvalue weighted by Gasteiger charge is 2.46. The summed E-state index contributed by atoms with van der Waals surface area (Å²) < 4.78 is 0. The van der Waals surface area contributed by atoms with E-state index < -0.39 is 0 Å². The van der Waals surface area contributed by atoms with E-state index in [0.29, 0.717) is 30.6 Å². The number of carbonyl (C=O) groups is 4. The number of rotatable bonds is 8. The van der Waals surface area contributed by atoms with Crippen LogP contribution in [0.25, 0.3) is 0 Å². The van der Waals surface area contributed by atoms with Crippen LogP contribution >= 0.6 is 0 Å². The van der Waals surface area contributed by atoms with Crippen molar-refractivity contribution in [2.75, 3.05) is 18.4 Å². The standard InChI is InChI=1S/C22H27N3O4/c1-2-3-13-23-20(27)17-10-6-7-11-18(17)24-19(26)12-14-25-21(28)15-8-4-5-9-16(15)22(25)29/h4-7,10-11,15-16H,2-3,8-9,12-14H2,1H3,(H,23,27)(H,24,26)/t15-,16+. The van der Waals surface area contributed by atoms with Gasteiger partial charge in [0.2, 0.25) is 17.7 Å². The van der Waals surface area contributed by atoms with Gasteiger partial charge in [0, 0.05) is 19.5 Å². The summed E-state index contributed by atoms with van der Waals surface area (Å²) in [5.41, 5.74) is 0.811. The maximum absolute atomic E-state index is 12.5. The zero-order chi connectivity index (χ0) is 20.8. The van der Waals surface area contributed by atoms with Gasteiger partial charge in [-0.2, -0.15) is 0 Å². The molecule has 1 heterocycles. The van der Waals surface area contributed by atoms with Gasteiger partial charge in [-0.25, -0.2) is 0 Å². The molecule has 0 aromatic heterocycles. The van der Waals surface area contributed by atoms with Crippen LogP contribution in [0.15, 0.2) is 36.4 Å². The number of hydrogen-bond acceptors (Lipinski definition) is 4. The highest BCUT2D eigenvalue weighted by molar-refractivity contribution is 6.06. The average molecular weight is 397 g/mol. The van der Waals surface area contributed by atoms with Crippen LogP contribution in [0.2, 0.25) is 0 Å². The zero-order valence-electron chi connectivity index (χ0n) is 16.6. The van der Waals surface area contributed by atoms with Crippen molar-refractivity contribution in [1.29, 1.82) is 0 Å². The van der Waals surface area contributed by atoms with Gasteiger partial charge >= 0.3 is 0 Å². The van der Waals surface area contributed by atoms with E-state index >= 15 is 0 Å². The van der Waals surface area contributed by atoms with Gasteiger partial charge in [0.1, 0.15) is 0 Å². The maximum atomic E-state index is 12.5. The SMILES string of the molecule is CCCCNC(=O)c1ccccc1NC(=O)CCN1C(=O)[C@H]2CC=CC[C@H]2C1=O. The lowest BCUT2D eigenvalue weighted by atomic mass is 9.85. The molecule has 1 aliphatic carbocycles. The van der Waals surface area contributed by atoms with E-state index in [2.05, 4.69) is 10.6 Å². The van der Waals surface area contributed by atoms with Crippen molar-refractivity contribution in [2.24, 2.45) is 11.8 Å². The first-order valence-corrected chi connectivity index (χ1v) is 10.2. The molecule has 7 heteroatoms. The molecule has 1 aliphatic heterocycles. The normalized spacial score (nSPS) is 20.5. The Morgan fingerprint density at radius 1 is 1.07 bits per heavy atom. The Labute approximate surface area is 170 Å². The third-order valence-electron chi connectivity index (χ3n) is 5.42. The number of nitrogens with zero attached hydrogens (tertiary/aromatic N) is 1. The lowest BCUT2D eigenvalue weighted by Crippen LogP contribution is -2.34. The summed E-state index contributed by atoms with van der Waals surface area (Å²) in [5.74, 6) is -1.53. The Kier molecular flexibility index (Phi) is 6.80. The minimum Gasteiger partial charge on any atom is -0.352 e. The molecule has 4 amide bonds. The van der Waals surface area contributed by atoms with Gasteiger partial charge < -0.3 is 10.6 Å². The fourth-order valence-corrected chi connectivity index (χ4v) is 3.78. The second-order valence-electron chi connectivity index (χ2n) is 7.44. The van der Waals surface area contributed by atoms with Crippen LogP contribution in [0, 0.1) is 11.8 Å². The Morgan fingerprint density at radius 2 is 1.72 bits per heavy atom. The first kappa shape index (κ1) is 20.8. The molecular formula is C22H27N3O4. The third-order valence-corrected chi connectivity index (χ3v) is 5.42. The van der Waals surface area contributed by atoms with Crippen LogP contribution in [0.4, 0.5) is 5.69 Å². The smallest absolute Gasteiger partial charge is 0.253 e. The number of para-hydroxylation sites is 1. The molecule has 0 radical (unpaired) electrons. The predicted molar refractivity (Wildman–Crippen MR) is 109 cm³/mol. The summed E-state index contributed by atoms with van der Waals surface area (Å²) in [7, 11) is 0. The number of amides is 4.